The Morgan fingerprint density at radius 3 is 2.81 bits per heavy atom. The van der Waals surface area contributed by atoms with Crippen LogP contribution in [0.1, 0.15) is 25.7 Å². The number of nitrogen functional groups attached to an aromatic ring is 1. The van der Waals surface area contributed by atoms with E-state index in [0.717, 1.165) is 11.8 Å². The fourth-order valence-corrected chi connectivity index (χ4v) is 3.81. The number of nitrogens with zero attached hydrogens (tertiary/aromatic N) is 1. The number of anilines is 2. The molecule has 2 bridgehead atoms. The van der Waals surface area contributed by atoms with Gasteiger partial charge in [0.1, 0.15) is 5.69 Å². The summed E-state index contributed by atoms with van der Waals surface area (Å²) >= 11 is 5.31. The van der Waals surface area contributed by atoms with Gasteiger partial charge in [-0.1, -0.05) is 6.42 Å². The highest BCUT2D eigenvalue weighted by atomic mass is 32.1. The maximum atomic E-state index is 10.9. The van der Waals surface area contributed by atoms with E-state index >= 15 is 0 Å². The van der Waals surface area contributed by atoms with Crippen molar-refractivity contribution in [2.45, 2.75) is 31.7 Å². The van der Waals surface area contributed by atoms with E-state index in [4.69, 9.17) is 18.0 Å². The van der Waals surface area contributed by atoms with Gasteiger partial charge in [0.05, 0.1) is 4.92 Å². The van der Waals surface area contributed by atoms with E-state index in [1.165, 1.54) is 37.8 Å². The zero-order valence-electron chi connectivity index (χ0n) is 11.5. The van der Waals surface area contributed by atoms with Gasteiger partial charge in [-0.15, -0.1) is 0 Å². The van der Waals surface area contributed by atoms with E-state index in [9.17, 15) is 10.1 Å². The molecule has 0 amide bonds. The van der Waals surface area contributed by atoms with Gasteiger partial charge < -0.3 is 16.4 Å². The minimum atomic E-state index is -0.493. The molecule has 0 aliphatic heterocycles. The van der Waals surface area contributed by atoms with Crippen LogP contribution < -0.4 is 16.4 Å². The minimum absolute atomic E-state index is 0.109. The van der Waals surface area contributed by atoms with Crippen LogP contribution in [0.25, 0.3) is 0 Å². The van der Waals surface area contributed by atoms with Gasteiger partial charge in [0, 0.05) is 17.8 Å². The van der Waals surface area contributed by atoms with Crippen molar-refractivity contribution >= 4 is 34.4 Å². The molecule has 21 heavy (non-hydrogen) atoms. The summed E-state index contributed by atoms with van der Waals surface area (Å²) in [6.07, 6.45) is 5.09. The average Bonchev–Trinajstić information content (AvgIpc) is 3.03. The Hall–Kier alpha value is -1.89. The van der Waals surface area contributed by atoms with Crippen molar-refractivity contribution < 1.29 is 4.92 Å². The van der Waals surface area contributed by atoms with Gasteiger partial charge in [-0.2, -0.15) is 0 Å². The van der Waals surface area contributed by atoms with Gasteiger partial charge in [-0.25, -0.2) is 0 Å². The van der Waals surface area contributed by atoms with E-state index in [0.29, 0.717) is 16.8 Å². The van der Waals surface area contributed by atoms with Gasteiger partial charge in [0.25, 0.3) is 5.69 Å². The zero-order chi connectivity index (χ0) is 15.0. The lowest BCUT2D eigenvalue weighted by atomic mass is 9.96. The molecular formula is C14H18N4O2S. The summed E-state index contributed by atoms with van der Waals surface area (Å²) in [6, 6.07) is 5.05. The minimum Gasteiger partial charge on any atom is -0.393 e. The molecule has 2 aliphatic rings. The number of thiocarbonyl (C=S) groups is 1. The Labute approximate surface area is 128 Å². The van der Waals surface area contributed by atoms with Crippen LogP contribution in [0.4, 0.5) is 17.1 Å². The smallest absolute Gasteiger partial charge is 0.294 e. The second-order valence-corrected chi connectivity index (χ2v) is 6.32. The molecule has 2 saturated carbocycles. The molecule has 6 nitrogen and oxygen atoms in total. The number of nitrogens with one attached hydrogen (secondary N) is 2. The molecule has 3 atom stereocenters. The molecule has 1 aromatic carbocycles. The van der Waals surface area contributed by atoms with E-state index in [2.05, 4.69) is 10.6 Å². The lowest BCUT2D eigenvalue weighted by Gasteiger charge is -2.24. The van der Waals surface area contributed by atoms with Crippen LogP contribution in [-0.4, -0.2) is 16.1 Å². The third-order valence-corrected chi connectivity index (χ3v) is 4.76. The first-order valence-electron chi connectivity index (χ1n) is 7.14. The number of nitro benzene ring substituents is 1. The van der Waals surface area contributed by atoms with E-state index in [1.54, 1.807) is 6.07 Å². The van der Waals surface area contributed by atoms with Crippen LogP contribution in [0.5, 0.6) is 0 Å². The highest BCUT2D eigenvalue weighted by Crippen LogP contribution is 2.44. The maximum absolute atomic E-state index is 10.9. The van der Waals surface area contributed by atoms with Crippen LogP contribution in [0.3, 0.4) is 0 Å². The number of fused-ring (bicyclic) bond motifs is 2. The van der Waals surface area contributed by atoms with Crippen molar-refractivity contribution in [3.63, 3.8) is 0 Å². The molecule has 3 rings (SSSR count). The lowest BCUT2D eigenvalue weighted by molar-refractivity contribution is -0.383. The van der Waals surface area contributed by atoms with Gasteiger partial charge >= 0.3 is 0 Å². The average molecular weight is 306 g/mol. The van der Waals surface area contributed by atoms with Crippen molar-refractivity contribution in [2.24, 2.45) is 11.8 Å². The summed E-state index contributed by atoms with van der Waals surface area (Å²) in [7, 11) is 0. The normalized spacial score (nSPS) is 26.6. The molecule has 1 aromatic rings. The van der Waals surface area contributed by atoms with E-state index in [1.807, 2.05) is 0 Å². The van der Waals surface area contributed by atoms with Gasteiger partial charge in [0.2, 0.25) is 0 Å². The van der Waals surface area contributed by atoms with E-state index in [-0.39, 0.29) is 11.4 Å². The zero-order valence-corrected chi connectivity index (χ0v) is 12.4. The molecule has 0 aromatic heterocycles. The molecule has 0 radical (unpaired) electrons. The molecule has 0 spiro atoms. The Bertz CT molecular complexity index is 592. The monoisotopic (exact) mass is 306 g/mol. The molecule has 0 heterocycles. The summed E-state index contributed by atoms with van der Waals surface area (Å²) in [5.74, 6) is 1.56. The Morgan fingerprint density at radius 1 is 1.38 bits per heavy atom. The first-order valence-corrected chi connectivity index (χ1v) is 7.55. The highest BCUT2D eigenvalue weighted by molar-refractivity contribution is 7.80. The first kappa shape index (κ1) is 14.1. The Morgan fingerprint density at radius 2 is 2.19 bits per heavy atom. The molecule has 0 saturated heterocycles. The quantitative estimate of drug-likeness (QED) is 0.344. The Kier molecular flexibility index (Phi) is 3.67. The number of nitrogens with two attached hydrogens (primary N) is 1. The largest absolute Gasteiger partial charge is 0.393 e. The Balaban J connectivity index is 1.62. The van der Waals surface area contributed by atoms with Crippen LogP contribution in [0.2, 0.25) is 0 Å². The van der Waals surface area contributed by atoms with Crippen LogP contribution in [0, 0.1) is 22.0 Å². The second kappa shape index (κ2) is 5.48. The summed E-state index contributed by atoms with van der Waals surface area (Å²) < 4.78 is 0. The fourth-order valence-electron chi connectivity index (χ4n) is 3.54. The van der Waals surface area contributed by atoms with Crippen LogP contribution >= 0.6 is 12.2 Å². The van der Waals surface area contributed by atoms with Crippen LogP contribution in [-0.2, 0) is 0 Å². The molecule has 0 unspecified atom stereocenters. The predicted molar refractivity (Wildman–Crippen MR) is 86.1 cm³/mol. The van der Waals surface area contributed by atoms with Gasteiger partial charge in [-0.05, 0) is 55.4 Å². The second-order valence-electron chi connectivity index (χ2n) is 5.91. The number of hydrogen-bond donors (Lipinski definition) is 3. The number of hydrogen-bond acceptors (Lipinski definition) is 4. The summed E-state index contributed by atoms with van der Waals surface area (Å²) in [5.41, 5.74) is 6.20. The number of rotatable bonds is 3. The fraction of sp³-hybridized carbons (Fsp3) is 0.500. The van der Waals surface area contributed by atoms with Crippen LogP contribution in [0.15, 0.2) is 18.2 Å². The molecule has 7 heteroatoms. The van der Waals surface area contributed by atoms with Crippen molar-refractivity contribution in [1.82, 2.24) is 5.32 Å². The predicted octanol–water partition coefficient (Wildman–Crippen LogP) is 2.65. The molecule has 4 N–H and O–H groups in total. The number of benzene rings is 1. The summed E-state index contributed by atoms with van der Waals surface area (Å²) in [5, 5.41) is 17.7. The summed E-state index contributed by atoms with van der Waals surface area (Å²) in [6.45, 7) is 0. The molecule has 2 fully saturated rings. The van der Waals surface area contributed by atoms with Gasteiger partial charge in [0.15, 0.2) is 5.11 Å². The molecule has 2 aliphatic carbocycles. The van der Waals surface area contributed by atoms with Crippen molar-refractivity contribution in [3.05, 3.63) is 28.3 Å². The SMILES string of the molecule is Nc1ccc(NC(=S)N[C@H]2C[C@@H]3CC[C@@H]2C3)cc1[N+](=O)[O-]. The van der Waals surface area contributed by atoms with Gasteiger partial charge in [-0.3, -0.25) is 10.1 Å². The number of nitro groups is 1. The molecular weight excluding hydrogens is 288 g/mol. The first-order chi connectivity index (χ1) is 10.0. The third-order valence-electron chi connectivity index (χ3n) is 4.54. The van der Waals surface area contributed by atoms with Crippen molar-refractivity contribution in [2.75, 3.05) is 11.1 Å². The highest BCUT2D eigenvalue weighted by Gasteiger charge is 2.39. The maximum Gasteiger partial charge on any atom is 0.294 e. The lowest BCUT2D eigenvalue weighted by Crippen LogP contribution is -2.40. The van der Waals surface area contributed by atoms with Crippen molar-refractivity contribution in [3.8, 4) is 0 Å². The topological polar surface area (TPSA) is 93.2 Å². The standard InChI is InChI=1S/C14H18N4O2S/c15-11-4-3-10(7-13(11)18(19)20)16-14(21)17-12-6-8-1-2-9(12)5-8/h3-4,7-9,12H,1-2,5-6,15H2,(H2,16,17,21)/t8-,9-,12+/m1/s1. The third kappa shape index (κ3) is 2.92. The van der Waals surface area contributed by atoms with E-state index < -0.39 is 4.92 Å². The van der Waals surface area contributed by atoms with Crippen molar-refractivity contribution in [1.29, 1.82) is 0 Å². The summed E-state index contributed by atoms with van der Waals surface area (Å²) in [4.78, 5) is 10.4. The molecule has 112 valence electrons.